The Kier molecular flexibility index (Phi) is 7.20. The average molecular weight is 453 g/mol. The lowest BCUT2D eigenvalue weighted by atomic mass is 10.1. The summed E-state index contributed by atoms with van der Waals surface area (Å²) in [4.78, 5) is 23.6. The lowest BCUT2D eigenvalue weighted by Gasteiger charge is -2.10. The van der Waals surface area contributed by atoms with E-state index in [1.807, 2.05) is 54.6 Å². The lowest BCUT2D eigenvalue weighted by molar-refractivity contribution is -0.115. The molecule has 4 rings (SSSR count). The molecule has 0 unspecified atom stereocenters. The van der Waals surface area contributed by atoms with E-state index in [0.29, 0.717) is 18.1 Å². The maximum atomic E-state index is 12.4. The van der Waals surface area contributed by atoms with Crippen molar-refractivity contribution >= 4 is 17.6 Å². The van der Waals surface area contributed by atoms with Crippen molar-refractivity contribution < 1.29 is 24.2 Å². The van der Waals surface area contributed by atoms with Crippen molar-refractivity contribution in [3.63, 3.8) is 0 Å². The number of carbonyl (C=O) groups excluding carboxylic acids is 1. The Balaban J connectivity index is 1.29. The summed E-state index contributed by atoms with van der Waals surface area (Å²) in [6, 6.07) is 30.8. The third-order valence-corrected chi connectivity index (χ3v) is 5.03. The third kappa shape index (κ3) is 6.23. The van der Waals surface area contributed by atoms with Crippen molar-refractivity contribution in [2.75, 3.05) is 5.32 Å². The van der Waals surface area contributed by atoms with Crippen LogP contribution < -0.4 is 14.8 Å². The highest BCUT2D eigenvalue weighted by atomic mass is 16.5. The Hall–Kier alpha value is -4.58. The molecule has 0 heterocycles. The lowest BCUT2D eigenvalue weighted by Crippen LogP contribution is -2.16. The molecule has 4 aromatic rings. The molecule has 0 aliphatic rings. The van der Waals surface area contributed by atoms with Gasteiger partial charge in [0.25, 0.3) is 0 Å². The van der Waals surface area contributed by atoms with E-state index in [9.17, 15) is 14.7 Å². The summed E-state index contributed by atoms with van der Waals surface area (Å²) in [5.74, 6) is 0.671. The molecule has 0 radical (unpaired) electrons. The molecule has 34 heavy (non-hydrogen) atoms. The predicted molar refractivity (Wildman–Crippen MR) is 129 cm³/mol. The maximum absolute atomic E-state index is 12.4. The SMILES string of the molecule is O=C(Cc1ccc(Oc2ccc(OCc3ccccc3)cc2)cc1)Nc1ccccc1C(=O)O. The molecule has 0 aliphatic carbocycles. The number of aromatic carboxylic acids is 1. The molecule has 2 N–H and O–H groups in total. The van der Waals surface area contributed by atoms with Gasteiger partial charge in [0, 0.05) is 0 Å². The molecular weight excluding hydrogens is 430 g/mol. The van der Waals surface area contributed by atoms with Crippen molar-refractivity contribution in [2.24, 2.45) is 0 Å². The van der Waals surface area contributed by atoms with Gasteiger partial charge in [-0.2, -0.15) is 0 Å². The van der Waals surface area contributed by atoms with E-state index in [1.165, 1.54) is 6.07 Å². The van der Waals surface area contributed by atoms with Crippen molar-refractivity contribution in [3.05, 3.63) is 120 Å². The zero-order valence-electron chi connectivity index (χ0n) is 18.3. The molecule has 170 valence electrons. The van der Waals surface area contributed by atoms with E-state index in [1.54, 1.807) is 42.5 Å². The number of carboxylic acids is 1. The number of carboxylic acid groups (broad SMARTS) is 1. The highest BCUT2D eigenvalue weighted by molar-refractivity contribution is 6.01. The molecular formula is C28H23NO5. The van der Waals surface area contributed by atoms with Crippen LogP contribution in [-0.2, 0) is 17.8 Å². The Bertz CT molecular complexity index is 1250. The molecule has 6 heteroatoms. The summed E-state index contributed by atoms with van der Waals surface area (Å²) in [7, 11) is 0. The highest BCUT2D eigenvalue weighted by Gasteiger charge is 2.12. The van der Waals surface area contributed by atoms with Gasteiger partial charge in [0.2, 0.25) is 5.91 Å². The first-order valence-corrected chi connectivity index (χ1v) is 10.7. The largest absolute Gasteiger partial charge is 0.489 e. The number of ether oxygens (including phenoxy) is 2. The second-order valence-electron chi connectivity index (χ2n) is 7.57. The quantitative estimate of drug-likeness (QED) is 0.328. The van der Waals surface area contributed by atoms with Crippen LogP contribution >= 0.6 is 0 Å². The molecule has 0 spiro atoms. The molecule has 0 fully saturated rings. The van der Waals surface area contributed by atoms with Gasteiger partial charge < -0.3 is 19.9 Å². The van der Waals surface area contributed by atoms with Crippen molar-refractivity contribution in [1.29, 1.82) is 0 Å². The van der Waals surface area contributed by atoms with E-state index in [0.717, 1.165) is 16.9 Å². The highest BCUT2D eigenvalue weighted by Crippen LogP contribution is 2.25. The molecule has 0 aromatic heterocycles. The summed E-state index contributed by atoms with van der Waals surface area (Å²) in [5, 5.41) is 11.9. The van der Waals surface area contributed by atoms with Crippen LogP contribution in [0.25, 0.3) is 0 Å². The van der Waals surface area contributed by atoms with Crippen molar-refractivity contribution in [1.82, 2.24) is 0 Å². The van der Waals surface area contributed by atoms with Gasteiger partial charge in [0.1, 0.15) is 23.9 Å². The number of carbonyl (C=O) groups is 2. The summed E-state index contributed by atoms with van der Waals surface area (Å²) < 4.78 is 11.7. The van der Waals surface area contributed by atoms with Crippen LogP contribution in [0.2, 0.25) is 0 Å². The Labute approximate surface area is 197 Å². The first kappa shape index (κ1) is 22.6. The van der Waals surface area contributed by atoms with Crippen LogP contribution in [0.3, 0.4) is 0 Å². The normalized spacial score (nSPS) is 10.4. The minimum Gasteiger partial charge on any atom is -0.489 e. The van der Waals surface area contributed by atoms with Crippen LogP contribution in [0.15, 0.2) is 103 Å². The molecule has 6 nitrogen and oxygen atoms in total. The second kappa shape index (κ2) is 10.8. The fourth-order valence-electron chi connectivity index (χ4n) is 3.31. The van der Waals surface area contributed by atoms with E-state index in [2.05, 4.69) is 5.32 Å². The first-order valence-electron chi connectivity index (χ1n) is 10.7. The average Bonchev–Trinajstić information content (AvgIpc) is 2.85. The Morgan fingerprint density at radius 1 is 0.676 bits per heavy atom. The molecule has 4 aromatic carbocycles. The summed E-state index contributed by atoms with van der Waals surface area (Å²) >= 11 is 0. The number of hydrogen-bond donors (Lipinski definition) is 2. The van der Waals surface area contributed by atoms with E-state index in [4.69, 9.17) is 9.47 Å². The van der Waals surface area contributed by atoms with Gasteiger partial charge in [0.15, 0.2) is 0 Å². The minimum atomic E-state index is -1.09. The first-order chi connectivity index (χ1) is 16.6. The van der Waals surface area contributed by atoms with Crippen LogP contribution in [0.4, 0.5) is 5.69 Å². The maximum Gasteiger partial charge on any atom is 0.337 e. The van der Waals surface area contributed by atoms with Gasteiger partial charge >= 0.3 is 5.97 Å². The van der Waals surface area contributed by atoms with Gasteiger partial charge in [0.05, 0.1) is 17.7 Å². The smallest absolute Gasteiger partial charge is 0.337 e. The molecule has 0 saturated heterocycles. The van der Waals surface area contributed by atoms with Crippen LogP contribution in [-0.4, -0.2) is 17.0 Å². The third-order valence-electron chi connectivity index (χ3n) is 5.03. The topological polar surface area (TPSA) is 84.9 Å². The van der Waals surface area contributed by atoms with Crippen LogP contribution in [0.5, 0.6) is 17.2 Å². The van der Waals surface area contributed by atoms with Crippen molar-refractivity contribution in [2.45, 2.75) is 13.0 Å². The summed E-state index contributed by atoms with van der Waals surface area (Å²) in [5.41, 5.74) is 2.21. The van der Waals surface area contributed by atoms with Gasteiger partial charge in [-0.15, -0.1) is 0 Å². The van der Waals surface area contributed by atoms with Gasteiger partial charge in [-0.1, -0.05) is 54.6 Å². The molecule has 0 atom stereocenters. The Morgan fingerprint density at radius 2 is 1.26 bits per heavy atom. The van der Waals surface area contributed by atoms with E-state index < -0.39 is 5.97 Å². The number of rotatable bonds is 9. The predicted octanol–water partition coefficient (Wildman–Crippen LogP) is 5.94. The van der Waals surface area contributed by atoms with E-state index in [-0.39, 0.29) is 23.6 Å². The Morgan fingerprint density at radius 3 is 1.94 bits per heavy atom. The zero-order valence-corrected chi connectivity index (χ0v) is 18.3. The minimum absolute atomic E-state index is 0.0519. The van der Waals surface area contributed by atoms with Crippen LogP contribution in [0, 0.1) is 0 Å². The number of anilines is 1. The van der Waals surface area contributed by atoms with Gasteiger partial charge in [-0.25, -0.2) is 4.79 Å². The number of benzene rings is 4. The monoisotopic (exact) mass is 453 g/mol. The molecule has 0 aliphatic heterocycles. The van der Waals surface area contributed by atoms with Crippen molar-refractivity contribution in [3.8, 4) is 17.2 Å². The number of para-hydroxylation sites is 1. The molecule has 0 bridgehead atoms. The van der Waals surface area contributed by atoms with E-state index >= 15 is 0 Å². The standard InChI is InChI=1S/C28H23NO5/c30-27(29-26-9-5-4-8-25(26)28(31)32)18-20-10-12-23(13-11-20)34-24-16-14-22(15-17-24)33-19-21-6-2-1-3-7-21/h1-17H,18-19H2,(H,29,30)(H,31,32). The fourth-order valence-corrected chi connectivity index (χ4v) is 3.31. The number of nitrogens with one attached hydrogen (secondary N) is 1. The molecule has 0 saturated carbocycles. The zero-order chi connectivity index (χ0) is 23.8. The summed E-state index contributed by atoms with van der Waals surface area (Å²) in [6.07, 6.45) is 0.113. The van der Waals surface area contributed by atoms with Gasteiger partial charge in [-0.05, 0) is 59.7 Å². The second-order valence-corrected chi connectivity index (χ2v) is 7.57. The van der Waals surface area contributed by atoms with Gasteiger partial charge in [-0.3, -0.25) is 4.79 Å². The number of hydrogen-bond acceptors (Lipinski definition) is 4. The molecule has 1 amide bonds. The summed E-state index contributed by atoms with van der Waals surface area (Å²) in [6.45, 7) is 0.498. The van der Waals surface area contributed by atoms with Crippen LogP contribution in [0.1, 0.15) is 21.5 Å². The fraction of sp³-hybridized carbons (Fsp3) is 0.0714. The number of amides is 1.